The lowest BCUT2D eigenvalue weighted by Crippen LogP contribution is -2.14. The standard InChI is InChI=1S/C25H17FN2O2/c26-16-8-6-15(7-9-16)25(30)28-22-12-10-18(20-11-13-23(29)24(20)22)17-3-1-5-21-19(17)4-2-14-27-21/h1-10,12,14H,11,13H2,(H,28,30). The molecule has 0 unspecified atom stereocenters. The van der Waals surface area contributed by atoms with Gasteiger partial charge in [-0.1, -0.05) is 24.3 Å². The van der Waals surface area contributed by atoms with Gasteiger partial charge in [0.25, 0.3) is 5.91 Å². The monoisotopic (exact) mass is 396 g/mol. The maximum atomic E-state index is 13.1. The molecule has 4 nitrogen and oxygen atoms in total. The topological polar surface area (TPSA) is 59.1 Å². The first kappa shape index (κ1) is 18.2. The molecule has 0 radical (unpaired) electrons. The number of halogens is 1. The molecule has 0 saturated carbocycles. The largest absolute Gasteiger partial charge is 0.321 e. The molecule has 5 rings (SSSR count). The molecule has 0 aliphatic heterocycles. The zero-order chi connectivity index (χ0) is 20.7. The van der Waals surface area contributed by atoms with E-state index in [1.807, 2.05) is 36.4 Å². The van der Waals surface area contributed by atoms with Crippen LogP contribution in [0.2, 0.25) is 0 Å². The van der Waals surface area contributed by atoms with Crippen LogP contribution in [0.3, 0.4) is 0 Å². The second kappa shape index (κ2) is 7.19. The van der Waals surface area contributed by atoms with Gasteiger partial charge in [0.15, 0.2) is 5.78 Å². The van der Waals surface area contributed by atoms with E-state index in [0.717, 1.165) is 27.6 Å². The molecule has 146 valence electrons. The van der Waals surface area contributed by atoms with E-state index in [1.165, 1.54) is 24.3 Å². The van der Waals surface area contributed by atoms with Crippen LogP contribution < -0.4 is 5.32 Å². The third kappa shape index (κ3) is 3.05. The van der Waals surface area contributed by atoms with Crippen LogP contribution in [0.4, 0.5) is 10.1 Å². The van der Waals surface area contributed by atoms with Crippen molar-refractivity contribution in [2.24, 2.45) is 0 Å². The minimum absolute atomic E-state index is 0.0135. The lowest BCUT2D eigenvalue weighted by atomic mass is 9.93. The smallest absolute Gasteiger partial charge is 0.255 e. The average molecular weight is 396 g/mol. The van der Waals surface area contributed by atoms with Crippen molar-refractivity contribution >= 4 is 28.3 Å². The summed E-state index contributed by atoms with van der Waals surface area (Å²) in [5.41, 5.74) is 5.21. The number of hydrogen-bond acceptors (Lipinski definition) is 3. The SMILES string of the molecule is O=C(Nc1ccc(-c2cccc3ncccc23)c2c1C(=O)CC2)c1ccc(F)cc1. The molecule has 0 bridgehead atoms. The van der Waals surface area contributed by atoms with Crippen LogP contribution in [0.15, 0.2) is 72.9 Å². The van der Waals surface area contributed by atoms with E-state index in [1.54, 1.807) is 12.3 Å². The number of rotatable bonds is 3. The first-order valence-electron chi connectivity index (χ1n) is 9.72. The van der Waals surface area contributed by atoms with Gasteiger partial charge in [0.1, 0.15) is 5.82 Å². The van der Waals surface area contributed by atoms with Crippen molar-refractivity contribution in [3.8, 4) is 11.1 Å². The molecule has 1 aliphatic rings. The number of nitrogens with one attached hydrogen (secondary N) is 1. The van der Waals surface area contributed by atoms with E-state index in [9.17, 15) is 14.0 Å². The predicted octanol–water partition coefficient (Wildman–Crippen LogP) is 5.42. The number of Topliss-reactive ketones (excluding diaryl/α,β-unsaturated/α-hetero) is 1. The second-order valence-corrected chi connectivity index (χ2v) is 7.27. The van der Waals surface area contributed by atoms with E-state index in [0.29, 0.717) is 29.7 Å². The molecule has 1 N–H and O–H groups in total. The molecular weight excluding hydrogens is 379 g/mol. The fourth-order valence-electron chi connectivity index (χ4n) is 4.08. The second-order valence-electron chi connectivity index (χ2n) is 7.27. The van der Waals surface area contributed by atoms with Gasteiger partial charge in [-0.3, -0.25) is 14.6 Å². The van der Waals surface area contributed by atoms with Crippen molar-refractivity contribution in [2.75, 3.05) is 5.32 Å². The first-order valence-corrected chi connectivity index (χ1v) is 9.72. The summed E-state index contributed by atoms with van der Waals surface area (Å²) in [6, 6.07) is 18.9. The summed E-state index contributed by atoms with van der Waals surface area (Å²) in [6.07, 6.45) is 2.79. The third-order valence-electron chi connectivity index (χ3n) is 5.48. The number of amides is 1. The van der Waals surface area contributed by atoms with Crippen molar-refractivity contribution in [1.82, 2.24) is 4.98 Å². The summed E-state index contributed by atoms with van der Waals surface area (Å²) in [5.74, 6) is -0.768. The van der Waals surface area contributed by atoms with Gasteiger partial charge < -0.3 is 5.32 Å². The molecule has 30 heavy (non-hydrogen) atoms. The fraction of sp³-hybridized carbons (Fsp3) is 0.0800. The first-order chi connectivity index (χ1) is 14.6. The van der Waals surface area contributed by atoms with Gasteiger partial charge in [-0.25, -0.2) is 4.39 Å². The molecule has 4 aromatic rings. The molecule has 1 aromatic heterocycles. The van der Waals surface area contributed by atoms with Gasteiger partial charge in [0.2, 0.25) is 0 Å². The Morgan fingerprint density at radius 1 is 0.900 bits per heavy atom. The van der Waals surface area contributed by atoms with E-state index in [2.05, 4.69) is 10.3 Å². The highest BCUT2D eigenvalue weighted by Gasteiger charge is 2.27. The molecule has 3 aromatic carbocycles. The van der Waals surface area contributed by atoms with E-state index < -0.39 is 5.82 Å². The number of pyridine rings is 1. The van der Waals surface area contributed by atoms with Gasteiger partial charge in [0.05, 0.1) is 11.2 Å². The molecule has 5 heteroatoms. The summed E-state index contributed by atoms with van der Waals surface area (Å²) >= 11 is 0. The minimum atomic E-state index is -0.406. The van der Waals surface area contributed by atoms with E-state index in [4.69, 9.17) is 0 Å². The molecule has 0 saturated heterocycles. The van der Waals surface area contributed by atoms with Gasteiger partial charge in [-0.15, -0.1) is 0 Å². The normalized spacial score (nSPS) is 12.8. The van der Waals surface area contributed by atoms with Crippen LogP contribution in [-0.2, 0) is 6.42 Å². The number of carbonyl (C=O) groups excluding carboxylic acids is 2. The summed E-state index contributed by atoms with van der Waals surface area (Å²) in [4.78, 5) is 29.7. The maximum absolute atomic E-state index is 13.1. The van der Waals surface area contributed by atoms with Crippen molar-refractivity contribution in [2.45, 2.75) is 12.8 Å². The average Bonchev–Trinajstić information content (AvgIpc) is 3.16. The zero-order valence-corrected chi connectivity index (χ0v) is 16.0. The van der Waals surface area contributed by atoms with Gasteiger partial charge in [-0.2, -0.15) is 0 Å². The van der Waals surface area contributed by atoms with Crippen molar-refractivity contribution in [3.63, 3.8) is 0 Å². The molecule has 1 heterocycles. The molecule has 1 amide bonds. The summed E-state index contributed by atoms with van der Waals surface area (Å²) in [7, 11) is 0. The third-order valence-corrected chi connectivity index (χ3v) is 5.48. The Morgan fingerprint density at radius 2 is 1.73 bits per heavy atom. The molecule has 0 fully saturated rings. The van der Waals surface area contributed by atoms with Crippen LogP contribution in [0, 0.1) is 5.82 Å². The van der Waals surface area contributed by atoms with Crippen molar-refractivity contribution in [1.29, 1.82) is 0 Å². The van der Waals surface area contributed by atoms with Crippen LogP contribution in [0.5, 0.6) is 0 Å². The number of aromatic nitrogens is 1. The van der Waals surface area contributed by atoms with Gasteiger partial charge in [0, 0.05) is 29.1 Å². The van der Waals surface area contributed by atoms with Crippen molar-refractivity contribution < 1.29 is 14.0 Å². The highest BCUT2D eigenvalue weighted by atomic mass is 19.1. The number of ketones is 1. The maximum Gasteiger partial charge on any atom is 0.255 e. The Balaban J connectivity index is 1.59. The summed E-state index contributed by atoms with van der Waals surface area (Å²) < 4.78 is 13.1. The highest BCUT2D eigenvalue weighted by molar-refractivity contribution is 6.13. The van der Waals surface area contributed by atoms with E-state index in [-0.39, 0.29) is 11.7 Å². The molecular formula is C25H17FN2O2. The number of benzene rings is 3. The lowest BCUT2D eigenvalue weighted by molar-refractivity contribution is 0.0995. The quantitative estimate of drug-likeness (QED) is 0.503. The van der Waals surface area contributed by atoms with Crippen LogP contribution >= 0.6 is 0 Å². The zero-order valence-electron chi connectivity index (χ0n) is 16.0. The Bertz CT molecular complexity index is 1310. The summed E-state index contributed by atoms with van der Waals surface area (Å²) in [5, 5.41) is 3.85. The Morgan fingerprint density at radius 3 is 2.57 bits per heavy atom. The minimum Gasteiger partial charge on any atom is -0.321 e. The van der Waals surface area contributed by atoms with E-state index >= 15 is 0 Å². The number of carbonyl (C=O) groups is 2. The number of fused-ring (bicyclic) bond motifs is 2. The number of hydrogen-bond donors (Lipinski definition) is 1. The molecule has 0 spiro atoms. The lowest BCUT2D eigenvalue weighted by Gasteiger charge is -2.15. The van der Waals surface area contributed by atoms with Gasteiger partial charge in [-0.05, 0) is 65.6 Å². The Labute approximate surface area is 172 Å². The fourth-order valence-corrected chi connectivity index (χ4v) is 4.08. The van der Waals surface area contributed by atoms with Crippen LogP contribution in [0.25, 0.3) is 22.0 Å². The predicted molar refractivity (Wildman–Crippen MR) is 114 cm³/mol. The van der Waals surface area contributed by atoms with Gasteiger partial charge >= 0.3 is 0 Å². The summed E-state index contributed by atoms with van der Waals surface area (Å²) in [6.45, 7) is 0. The highest BCUT2D eigenvalue weighted by Crippen LogP contribution is 2.39. The molecule has 0 atom stereocenters. The Hall–Kier alpha value is -3.86. The van der Waals surface area contributed by atoms with Crippen molar-refractivity contribution in [3.05, 3.63) is 95.4 Å². The molecule has 1 aliphatic carbocycles. The van der Waals surface area contributed by atoms with Crippen LogP contribution in [0.1, 0.15) is 32.7 Å². The number of anilines is 1. The Kier molecular flexibility index (Phi) is 4.36. The van der Waals surface area contributed by atoms with Crippen LogP contribution in [-0.4, -0.2) is 16.7 Å². The number of nitrogens with zero attached hydrogens (tertiary/aromatic N) is 1.